The van der Waals surface area contributed by atoms with Crippen LogP contribution in [0.3, 0.4) is 0 Å². The minimum atomic E-state index is -0.281. The summed E-state index contributed by atoms with van der Waals surface area (Å²) < 4.78 is 5.25. The number of carbonyl (C=O) groups excluding carboxylic acids is 1. The van der Waals surface area contributed by atoms with Crippen LogP contribution >= 0.6 is 11.6 Å². The maximum absolute atomic E-state index is 12.5. The normalized spacial score (nSPS) is 19.2. The summed E-state index contributed by atoms with van der Waals surface area (Å²) in [6.45, 7) is 5.37. The van der Waals surface area contributed by atoms with Gasteiger partial charge < -0.3 is 15.2 Å². The standard InChI is InChI=1S/C17H25ClN2O3/c1-11(20-8-6-13(7-9-20)12(2)21)17(22)19-15-10-14(18)4-5-16(15)23-3/h4-5,10-13,21H,6-9H2,1-3H3,(H,19,22). The number of piperidine rings is 1. The molecular weight excluding hydrogens is 316 g/mol. The fourth-order valence-electron chi connectivity index (χ4n) is 2.97. The number of methoxy groups -OCH3 is 1. The van der Waals surface area contributed by atoms with E-state index >= 15 is 0 Å². The number of anilines is 1. The van der Waals surface area contributed by atoms with Gasteiger partial charge in [-0.3, -0.25) is 9.69 Å². The van der Waals surface area contributed by atoms with Gasteiger partial charge >= 0.3 is 0 Å². The van der Waals surface area contributed by atoms with E-state index in [-0.39, 0.29) is 18.1 Å². The highest BCUT2D eigenvalue weighted by Gasteiger charge is 2.28. The molecule has 0 aromatic heterocycles. The summed E-state index contributed by atoms with van der Waals surface area (Å²) in [6, 6.07) is 4.90. The van der Waals surface area contributed by atoms with E-state index in [2.05, 4.69) is 10.2 Å². The molecule has 5 nitrogen and oxygen atoms in total. The van der Waals surface area contributed by atoms with Crippen molar-refractivity contribution in [1.82, 2.24) is 4.90 Å². The SMILES string of the molecule is COc1ccc(Cl)cc1NC(=O)C(C)N1CCC(C(C)O)CC1. The van der Waals surface area contributed by atoms with Gasteiger partial charge in [-0.25, -0.2) is 0 Å². The minimum Gasteiger partial charge on any atom is -0.495 e. The third-order valence-electron chi connectivity index (χ3n) is 4.60. The second-order valence-electron chi connectivity index (χ2n) is 6.12. The van der Waals surface area contributed by atoms with E-state index in [0.717, 1.165) is 25.9 Å². The number of aliphatic hydroxyl groups excluding tert-OH is 1. The van der Waals surface area contributed by atoms with Crippen molar-refractivity contribution in [2.24, 2.45) is 5.92 Å². The smallest absolute Gasteiger partial charge is 0.241 e. The number of carbonyl (C=O) groups is 1. The molecule has 1 aliphatic rings. The van der Waals surface area contributed by atoms with E-state index in [0.29, 0.717) is 22.4 Å². The lowest BCUT2D eigenvalue weighted by atomic mass is 9.91. The average Bonchev–Trinajstić information content (AvgIpc) is 2.54. The Morgan fingerprint density at radius 1 is 1.39 bits per heavy atom. The van der Waals surface area contributed by atoms with Gasteiger partial charge in [-0.1, -0.05) is 11.6 Å². The van der Waals surface area contributed by atoms with E-state index in [1.807, 2.05) is 13.8 Å². The van der Waals surface area contributed by atoms with Gasteiger partial charge in [0.2, 0.25) is 5.91 Å². The molecule has 1 aliphatic heterocycles. The van der Waals surface area contributed by atoms with Crippen molar-refractivity contribution in [3.05, 3.63) is 23.2 Å². The van der Waals surface area contributed by atoms with E-state index < -0.39 is 0 Å². The van der Waals surface area contributed by atoms with Crippen molar-refractivity contribution < 1.29 is 14.6 Å². The van der Waals surface area contributed by atoms with Gasteiger partial charge in [-0.05, 0) is 63.9 Å². The second-order valence-corrected chi connectivity index (χ2v) is 6.56. The molecule has 128 valence electrons. The molecule has 0 bridgehead atoms. The van der Waals surface area contributed by atoms with Gasteiger partial charge in [0.1, 0.15) is 5.75 Å². The van der Waals surface area contributed by atoms with Crippen LogP contribution in [0.2, 0.25) is 5.02 Å². The maximum Gasteiger partial charge on any atom is 0.241 e. The minimum absolute atomic E-state index is 0.0823. The number of hydrogen-bond donors (Lipinski definition) is 2. The lowest BCUT2D eigenvalue weighted by molar-refractivity contribution is -0.121. The van der Waals surface area contributed by atoms with E-state index in [1.54, 1.807) is 25.3 Å². The molecular formula is C17H25ClN2O3. The van der Waals surface area contributed by atoms with Gasteiger partial charge in [0.05, 0.1) is 24.9 Å². The number of ether oxygens (including phenoxy) is 1. The molecule has 2 unspecified atom stereocenters. The molecule has 0 aliphatic carbocycles. The summed E-state index contributed by atoms with van der Waals surface area (Å²) in [5.74, 6) is 0.832. The predicted octanol–water partition coefficient (Wildman–Crippen LogP) is 2.77. The highest BCUT2D eigenvalue weighted by Crippen LogP contribution is 2.28. The van der Waals surface area contributed by atoms with Crippen LogP contribution in [0.4, 0.5) is 5.69 Å². The molecule has 1 aromatic carbocycles. The highest BCUT2D eigenvalue weighted by molar-refractivity contribution is 6.31. The summed E-state index contributed by atoms with van der Waals surface area (Å²) in [4.78, 5) is 14.6. The fourth-order valence-corrected chi connectivity index (χ4v) is 3.14. The third-order valence-corrected chi connectivity index (χ3v) is 4.84. The summed E-state index contributed by atoms with van der Waals surface area (Å²) >= 11 is 5.99. The van der Waals surface area contributed by atoms with Crippen molar-refractivity contribution in [3.8, 4) is 5.75 Å². The molecule has 1 heterocycles. The van der Waals surface area contributed by atoms with Crippen molar-refractivity contribution in [1.29, 1.82) is 0 Å². The number of benzene rings is 1. The first-order valence-corrected chi connectivity index (χ1v) is 8.36. The number of halogens is 1. The van der Waals surface area contributed by atoms with Gasteiger partial charge in [-0.15, -0.1) is 0 Å². The molecule has 1 fully saturated rings. The molecule has 1 saturated heterocycles. The Hall–Kier alpha value is -1.30. The zero-order valence-electron chi connectivity index (χ0n) is 13.9. The Bertz CT molecular complexity index is 543. The maximum atomic E-state index is 12.5. The number of hydrogen-bond acceptors (Lipinski definition) is 4. The number of amides is 1. The summed E-state index contributed by atoms with van der Waals surface area (Å²) in [5.41, 5.74) is 0.579. The predicted molar refractivity (Wildman–Crippen MR) is 92.1 cm³/mol. The summed E-state index contributed by atoms with van der Waals surface area (Å²) in [6.07, 6.45) is 1.54. The molecule has 6 heteroatoms. The first-order valence-electron chi connectivity index (χ1n) is 7.99. The van der Waals surface area contributed by atoms with Crippen LogP contribution in [0.25, 0.3) is 0 Å². The Balaban J connectivity index is 1.97. The van der Waals surface area contributed by atoms with Crippen molar-refractivity contribution >= 4 is 23.2 Å². The number of nitrogens with one attached hydrogen (secondary N) is 1. The first kappa shape index (κ1) is 18.0. The zero-order chi connectivity index (χ0) is 17.0. The Morgan fingerprint density at radius 2 is 2.04 bits per heavy atom. The fraction of sp³-hybridized carbons (Fsp3) is 0.588. The average molecular weight is 341 g/mol. The molecule has 0 spiro atoms. The molecule has 2 N–H and O–H groups in total. The molecule has 2 rings (SSSR count). The van der Waals surface area contributed by atoms with Gasteiger partial charge in [0.15, 0.2) is 0 Å². The van der Waals surface area contributed by atoms with Crippen LogP contribution in [-0.2, 0) is 4.79 Å². The van der Waals surface area contributed by atoms with Crippen molar-refractivity contribution in [3.63, 3.8) is 0 Å². The third kappa shape index (κ3) is 4.59. The quantitative estimate of drug-likeness (QED) is 0.865. The van der Waals surface area contributed by atoms with E-state index in [4.69, 9.17) is 16.3 Å². The molecule has 23 heavy (non-hydrogen) atoms. The lowest BCUT2D eigenvalue weighted by Gasteiger charge is -2.36. The highest BCUT2D eigenvalue weighted by atomic mass is 35.5. The van der Waals surface area contributed by atoms with Crippen LogP contribution in [0, 0.1) is 5.92 Å². The van der Waals surface area contributed by atoms with Crippen LogP contribution in [0.1, 0.15) is 26.7 Å². The number of aliphatic hydroxyl groups is 1. The number of nitrogens with zero attached hydrogens (tertiary/aromatic N) is 1. The van der Waals surface area contributed by atoms with Crippen LogP contribution < -0.4 is 10.1 Å². The van der Waals surface area contributed by atoms with E-state index in [9.17, 15) is 9.90 Å². The van der Waals surface area contributed by atoms with Gasteiger partial charge in [0, 0.05) is 5.02 Å². The molecule has 1 aromatic rings. The van der Waals surface area contributed by atoms with Gasteiger partial charge in [-0.2, -0.15) is 0 Å². The Kier molecular flexibility index (Phi) is 6.27. The summed E-state index contributed by atoms with van der Waals surface area (Å²) in [7, 11) is 1.56. The second kappa shape index (κ2) is 7.99. The first-order chi connectivity index (χ1) is 10.9. The molecule has 0 saturated carbocycles. The molecule has 0 radical (unpaired) electrons. The largest absolute Gasteiger partial charge is 0.495 e. The van der Waals surface area contributed by atoms with Gasteiger partial charge in [0.25, 0.3) is 0 Å². The number of rotatable bonds is 5. The topological polar surface area (TPSA) is 61.8 Å². The van der Waals surface area contributed by atoms with Crippen molar-refractivity contribution in [2.75, 3.05) is 25.5 Å². The monoisotopic (exact) mass is 340 g/mol. The molecule has 1 amide bonds. The Morgan fingerprint density at radius 3 is 2.61 bits per heavy atom. The van der Waals surface area contributed by atoms with Crippen LogP contribution in [0.15, 0.2) is 18.2 Å². The van der Waals surface area contributed by atoms with Crippen molar-refractivity contribution in [2.45, 2.75) is 38.8 Å². The molecule has 2 atom stereocenters. The summed E-state index contributed by atoms with van der Waals surface area (Å²) in [5, 5.41) is 13.1. The Labute approximate surface area is 142 Å². The number of likely N-dealkylation sites (tertiary alicyclic amines) is 1. The van der Waals surface area contributed by atoms with Crippen LogP contribution in [0.5, 0.6) is 5.75 Å². The van der Waals surface area contributed by atoms with Crippen LogP contribution in [-0.4, -0.2) is 48.3 Å². The van der Waals surface area contributed by atoms with E-state index in [1.165, 1.54) is 0 Å². The zero-order valence-corrected chi connectivity index (χ0v) is 14.6. The lowest BCUT2D eigenvalue weighted by Crippen LogP contribution is -2.47.